The summed E-state index contributed by atoms with van der Waals surface area (Å²) in [5, 5.41) is 3.76. The Labute approximate surface area is 130 Å². The molecule has 4 atom stereocenters. The first-order chi connectivity index (χ1) is 10.3. The fraction of sp³-hybridized carbons (Fsp3) is 0.700. The highest BCUT2D eigenvalue weighted by Crippen LogP contribution is 2.50. The zero-order valence-electron chi connectivity index (χ0n) is 13.8. The Balaban J connectivity index is 1.53. The van der Waals surface area contributed by atoms with E-state index in [1.165, 1.54) is 49.7 Å². The van der Waals surface area contributed by atoms with E-state index in [-0.39, 0.29) is 0 Å². The van der Waals surface area contributed by atoms with Gasteiger partial charge in [-0.25, -0.2) is 0 Å². The van der Waals surface area contributed by atoms with Gasteiger partial charge in [0, 0.05) is 6.04 Å². The van der Waals surface area contributed by atoms with Gasteiger partial charge in [0.2, 0.25) is 0 Å². The second kappa shape index (κ2) is 6.96. The van der Waals surface area contributed by atoms with Crippen molar-refractivity contribution in [1.29, 1.82) is 0 Å². The zero-order valence-corrected chi connectivity index (χ0v) is 13.8. The van der Waals surface area contributed by atoms with Crippen LogP contribution < -0.4 is 5.32 Å². The molecule has 1 nitrogen and oxygen atoms in total. The monoisotopic (exact) mass is 285 g/mol. The van der Waals surface area contributed by atoms with Crippen LogP contribution in [0.5, 0.6) is 0 Å². The van der Waals surface area contributed by atoms with Gasteiger partial charge in [-0.1, -0.05) is 37.6 Å². The van der Waals surface area contributed by atoms with Gasteiger partial charge >= 0.3 is 0 Å². The summed E-state index contributed by atoms with van der Waals surface area (Å²) in [5.41, 5.74) is 2.99. The van der Waals surface area contributed by atoms with Gasteiger partial charge < -0.3 is 5.32 Å². The molecule has 2 fully saturated rings. The van der Waals surface area contributed by atoms with Crippen LogP contribution in [0.3, 0.4) is 0 Å². The first-order valence-electron chi connectivity index (χ1n) is 9.04. The van der Waals surface area contributed by atoms with Crippen molar-refractivity contribution in [2.45, 2.75) is 64.8 Å². The maximum Gasteiger partial charge on any atom is 0.00728 e. The summed E-state index contributed by atoms with van der Waals surface area (Å²) in [6, 6.07) is 9.60. The number of benzene rings is 1. The molecular weight excluding hydrogens is 254 g/mol. The van der Waals surface area contributed by atoms with E-state index in [9.17, 15) is 0 Å². The van der Waals surface area contributed by atoms with Gasteiger partial charge in [-0.15, -0.1) is 0 Å². The molecule has 1 heteroatoms. The van der Waals surface area contributed by atoms with Crippen LogP contribution in [0.2, 0.25) is 0 Å². The van der Waals surface area contributed by atoms with Crippen LogP contribution in [-0.2, 0) is 6.42 Å². The van der Waals surface area contributed by atoms with Crippen LogP contribution in [0.4, 0.5) is 0 Å². The molecule has 2 saturated carbocycles. The Bertz CT molecular complexity index is 453. The van der Waals surface area contributed by atoms with Crippen LogP contribution in [-0.4, -0.2) is 12.6 Å². The average Bonchev–Trinajstić information content (AvgIpc) is 3.09. The molecule has 3 rings (SSSR count). The van der Waals surface area contributed by atoms with E-state index in [0.717, 1.165) is 30.3 Å². The normalized spacial score (nSPS) is 29.0. The standard InChI is InChI=1S/C20H31N/c1-3-21-20(11-10-17-7-5-4-6-15(17)2)14-19-13-16-8-9-18(19)12-16/h4-7,16,18-21H,3,8-14H2,1-2H3. The second-order valence-electron chi connectivity index (χ2n) is 7.39. The zero-order chi connectivity index (χ0) is 14.7. The highest BCUT2D eigenvalue weighted by Gasteiger charge is 2.39. The lowest BCUT2D eigenvalue weighted by Gasteiger charge is -2.27. The summed E-state index contributed by atoms with van der Waals surface area (Å²) >= 11 is 0. The van der Waals surface area contributed by atoms with Crippen molar-refractivity contribution in [2.75, 3.05) is 6.54 Å². The summed E-state index contributed by atoms with van der Waals surface area (Å²) in [6.45, 7) is 5.61. The molecule has 2 aliphatic rings. The van der Waals surface area contributed by atoms with Crippen molar-refractivity contribution in [2.24, 2.45) is 17.8 Å². The third-order valence-corrected chi connectivity index (χ3v) is 5.99. The molecule has 1 aromatic rings. The summed E-state index contributed by atoms with van der Waals surface area (Å²) in [4.78, 5) is 0. The molecule has 21 heavy (non-hydrogen) atoms. The van der Waals surface area contributed by atoms with Crippen molar-refractivity contribution < 1.29 is 0 Å². The van der Waals surface area contributed by atoms with E-state index in [1.807, 2.05) is 0 Å². The van der Waals surface area contributed by atoms with E-state index in [4.69, 9.17) is 0 Å². The van der Waals surface area contributed by atoms with E-state index in [0.29, 0.717) is 0 Å². The maximum absolute atomic E-state index is 3.76. The molecule has 0 amide bonds. The molecule has 0 heterocycles. The van der Waals surface area contributed by atoms with Crippen LogP contribution in [0.1, 0.15) is 56.6 Å². The minimum atomic E-state index is 0.721. The summed E-state index contributed by atoms with van der Waals surface area (Å²) in [6.07, 6.45) is 10.1. The predicted octanol–water partition coefficient (Wildman–Crippen LogP) is 4.73. The third-order valence-electron chi connectivity index (χ3n) is 5.99. The van der Waals surface area contributed by atoms with Crippen molar-refractivity contribution >= 4 is 0 Å². The molecule has 4 unspecified atom stereocenters. The number of nitrogens with one attached hydrogen (secondary N) is 1. The first kappa shape index (κ1) is 15.1. The quantitative estimate of drug-likeness (QED) is 0.763. The molecule has 1 N–H and O–H groups in total. The average molecular weight is 285 g/mol. The van der Waals surface area contributed by atoms with Gasteiger partial charge in [-0.3, -0.25) is 0 Å². The van der Waals surface area contributed by atoms with E-state index in [1.54, 1.807) is 6.42 Å². The number of hydrogen-bond donors (Lipinski definition) is 1. The second-order valence-corrected chi connectivity index (χ2v) is 7.39. The third kappa shape index (κ3) is 3.69. The van der Waals surface area contributed by atoms with E-state index < -0.39 is 0 Å². The van der Waals surface area contributed by atoms with Crippen molar-refractivity contribution in [1.82, 2.24) is 5.32 Å². The van der Waals surface area contributed by atoms with Gasteiger partial charge in [0.05, 0.1) is 0 Å². The molecule has 2 aliphatic carbocycles. The molecule has 1 aromatic carbocycles. The van der Waals surface area contributed by atoms with E-state index in [2.05, 4.69) is 43.4 Å². The number of aryl methyl sites for hydroxylation is 2. The van der Waals surface area contributed by atoms with Gasteiger partial charge in [0.25, 0.3) is 0 Å². The lowest BCUT2D eigenvalue weighted by molar-refractivity contribution is 0.273. The molecule has 2 bridgehead atoms. The van der Waals surface area contributed by atoms with Crippen LogP contribution >= 0.6 is 0 Å². The maximum atomic E-state index is 3.76. The van der Waals surface area contributed by atoms with Crippen LogP contribution in [0.15, 0.2) is 24.3 Å². The largest absolute Gasteiger partial charge is 0.314 e. The number of rotatable bonds is 7. The van der Waals surface area contributed by atoms with E-state index >= 15 is 0 Å². The topological polar surface area (TPSA) is 12.0 Å². The minimum Gasteiger partial charge on any atom is -0.314 e. The van der Waals surface area contributed by atoms with Gasteiger partial charge in [0.15, 0.2) is 0 Å². The summed E-state index contributed by atoms with van der Waals surface area (Å²) in [5.74, 6) is 3.16. The Hall–Kier alpha value is -0.820. The summed E-state index contributed by atoms with van der Waals surface area (Å²) in [7, 11) is 0. The SMILES string of the molecule is CCNC(CCc1ccccc1C)CC1CC2CCC1C2. The lowest BCUT2D eigenvalue weighted by atomic mass is 9.83. The molecule has 116 valence electrons. The predicted molar refractivity (Wildman–Crippen MR) is 90.5 cm³/mol. The smallest absolute Gasteiger partial charge is 0.00728 e. The first-order valence-corrected chi connectivity index (χ1v) is 9.04. The molecule has 0 saturated heterocycles. The van der Waals surface area contributed by atoms with Crippen molar-refractivity contribution in [3.05, 3.63) is 35.4 Å². The number of hydrogen-bond acceptors (Lipinski definition) is 1. The Kier molecular flexibility index (Phi) is 5.00. The fourth-order valence-corrected chi connectivity index (χ4v) is 4.84. The molecular formula is C20H31N. The Morgan fingerprint density at radius 2 is 2.05 bits per heavy atom. The molecule has 0 radical (unpaired) electrons. The highest BCUT2D eigenvalue weighted by molar-refractivity contribution is 5.25. The molecule has 0 aromatic heterocycles. The minimum absolute atomic E-state index is 0.721. The van der Waals surface area contributed by atoms with Crippen LogP contribution in [0.25, 0.3) is 0 Å². The Morgan fingerprint density at radius 3 is 2.71 bits per heavy atom. The fourth-order valence-electron chi connectivity index (χ4n) is 4.84. The van der Waals surface area contributed by atoms with Crippen molar-refractivity contribution in [3.8, 4) is 0 Å². The molecule has 0 aliphatic heterocycles. The molecule has 0 spiro atoms. The van der Waals surface area contributed by atoms with Gasteiger partial charge in [-0.2, -0.15) is 0 Å². The van der Waals surface area contributed by atoms with Gasteiger partial charge in [0.1, 0.15) is 0 Å². The Morgan fingerprint density at radius 1 is 1.19 bits per heavy atom. The number of fused-ring (bicyclic) bond motifs is 2. The lowest BCUT2D eigenvalue weighted by Crippen LogP contribution is -2.32. The van der Waals surface area contributed by atoms with Crippen LogP contribution in [0, 0.1) is 24.7 Å². The summed E-state index contributed by atoms with van der Waals surface area (Å²) < 4.78 is 0. The van der Waals surface area contributed by atoms with Crippen molar-refractivity contribution in [3.63, 3.8) is 0 Å². The van der Waals surface area contributed by atoms with Gasteiger partial charge in [-0.05, 0) is 80.9 Å². The highest BCUT2D eigenvalue weighted by atomic mass is 14.9.